The highest BCUT2D eigenvalue weighted by molar-refractivity contribution is 5.40. The van der Waals surface area contributed by atoms with Crippen molar-refractivity contribution in [2.45, 2.75) is 70.4 Å². The summed E-state index contributed by atoms with van der Waals surface area (Å²) in [6.45, 7) is 7.93. The number of hydrogen-bond donors (Lipinski definition) is 0. The molecular formula is C20H27N5O. The van der Waals surface area contributed by atoms with Crippen molar-refractivity contribution >= 4 is 5.82 Å². The van der Waals surface area contributed by atoms with Crippen LogP contribution in [0.1, 0.15) is 63.9 Å². The summed E-state index contributed by atoms with van der Waals surface area (Å²) >= 11 is 0. The maximum absolute atomic E-state index is 12.3. The fourth-order valence-electron chi connectivity index (χ4n) is 3.57. The number of anilines is 1. The fourth-order valence-corrected chi connectivity index (χ4v) is 3.57. The van der Waals surface area contributed by atoms with Gasteiger partial charge in [-0.1, -0.05) is 20.8 Å². The molecule has 4 rings (SSSR count). The largest absolute Gasteiger partial charge is 0.352 e. The number of hydrogen-bond acceptors (Lipinski definition) is 5. The van der Waals surface area contributed by atoms with Gasteiger partial charge in [0.05, 0.1) is 18.3 Å². The predicted octanol–water partition coefficient (Wildman–Crippen LogP) is 2.88. The second-order valence-electron chi connectivity index (χ2n) is 8.53. The molecule has 1 saturated carbocycles. The molecule has 0 aromatic carbocycles. The molecule has 1 aliphatic heterocycles. The Morgan fingerprint density at radius 2 is 1.96 bits per heavy atom. The molecule has 2 aromatic rings. The summed E-state index contributed by atoms with van der Waals surface area (Å²) in [5, 5.41) is 4.64. The highest BCUT2D eigenvalue weighted by atomic mass is 16.1. The Balaban J connectivity index is 1.58. The quantitative estimate of drug-likeness (QED) is 0.846. The van der Waals surface area contributed by atoms with E-state index in [2.05, 4.69) is 35.8 Å². The normalized spacial score (nSPS) is 20.6. The highest BCUT2D eigenvalue weighted by Crippen LogP contribution is 2.38. The van der Waals surface area contributed by atoms with Crippen molar-refractivity contribution in [3.05, 3.63) is 46.3 Å². The summed E-state index contributed by atoms with van der Waals surface area (Å²) in [7, 11) is 0. The monoisotopic (exact) mass is 353 g/mol. The molecule has 2 fully saturated rings. The molecule has 1 atom stereocenters. The molecule has 0 amide bonds. The van der Waals surface area contributed by atoms with Crippen LogP contribution in [-0.4, -0.2) is 32.3 Å². The molecule has 2 aromatic heterocycles. The number of rotatable bonds is 4. The predicted molar refractivity (Wildman–Crippen MR) is 102 cm³/mol. The Hall–Kier alpha value is -2.24. The van der Waals surface area contributed by atoms with Crippen LogP contribution in [0.5, 0.6) is 0 Å². The van der Waals surface area contributed by atoms with Gasteiger partial charge in [-0.2, -0.15) is 5.10 Å². The Kier molecular flexibility index (Phi) is 4.29. The zero-order chi connectivity index (χ0) is 18.3. The van der Waals surface area contributed by atoms with E-state index in [4.69, 9.17) is 4.98 Å². The Morgan fingerprint density at radius 3 is 2.69 bits per heavy atom. The lowest BCUT2D eigenvalue weighted by molar-refractivity contribution is 0.456. The topological polar surface area (TPSA) is 63.9 Å². The van der Waals surface area contributed by atoms with Crippen LogP contribution in [0.4, 0.5) is 5.82 Å². The number of nitrogens with zero attached hydrogens (tertiary/aromatic N) is 5. The first-order valence-electron chi connectivity index (χ1n) is 9.60. The van der Waals surface area contributed by atoms with E-state index in [1.807, 2.05) is 18.3 Å². The van der Waals surface area contributed by atoms with Crippen LogP contribution in [0.2, 0.25) is 0 Å². The van der Waals surface area contributed by atoms with Crippen molar-refractivity contribution in [2.75, 3.05) is 11.4 Å². The van der Waals surface area contributed by atoms with E-state index in [0.717, 1.165) is 36.7 Å². The van der Waals surface area contributed by atoms with E-state index in [9.17, 15) is 4.79 Å². The van der Waals surface area contributed by atoms with Gasteiger partial charge in [0.15, 0.2) is 0 Å². The Labute approximate surface area is 154 Å². The van der Waals surface area contributed by atoms with Gasteiger partial charge in [0, 0.05) is 30.1 Å². The van der Waals surface area contributed by atoms with Gasteiger partial charge in [-0.15, -0.1) is 0 Å². The van der Waals surface area contributed by atoms with E-state index >= 15 is 0 Å². The van der Waals surface area contributed by atoms with E-state index < -0.39 is 0 Å². The first-order valence-corrected chi connectivity index (χ1v) is 9.60. The van der Waals surface area contributed by atoms with Gasteiger partial charge in [0.2, 0.25) is 0 Å². The molecule has 2 aliphatic rings. The van der Waals surface area contributed by atoms with E-state index in [0.29, 0.717) is 12.5 Å². The highest BCUT2D eigenvalue weighted by Gasteiger charge is 2.30. The summed E-state index contributed by atoms with van der Waals surface area (Å²) in [5.41, 5.74) is 0.835. The first kappa shape index (κ1) is 17.2. The third-order valence-corrected chi connectivity index (χ3v) is 5.29. The molecule has 1 saturated heterocycles. The first-order chi connectivity index (χ1) is 12.4. The molecule has 1 unspecified atom stereocenters. The van der Waals surface area contributed by atoms with Gasteiger partial charge in [-0.3, -0.25) is 4.79 Å². The average molecular weight is 353 g/mol. The lowest BCUT2D eigenvalue weighted by atomic mass is 9.92. The van der Waals surface area contributed by atoms with Crippen LogP contribution in [-0.2, 0) is 12.0 Å². The third-order valence-electron chi connectivity index (χ3n) is 5.29. The van der Waals surface area contributed by atoms with Gasteiger partial charge in [0.25, 0.3) is 5.56 Å². The Bertz CT molecular complexity index is 850. The lowest BCUT2D eigenvalue weighted by Gasteiger charge is -2.27. The minimum Gasteiger partial charge on any atom is -0.352 e. The standard InChI is InChI=1S/C20H27N5O/c1-20(2,3)16-8-9-18(26)25(23-16)13-15-5-4-12-24(15)17-10-11-21-19(22-17)14-6-7-14/h8-11,14-15H,4-7,12-13H2,1-3H3. The number of aromatic nitrogens is 4. The van der Waals surface area contributed by atoms with Crippen LogP contribution in [0, 0.1) is 0 Å². The maximum Gasteiger partial charge on any atom is 0.266 e. The zero-order valence-electron chi connectivity index (χ0n) is 15.9. The summed E-state index contributed by atoms with van der Waals surface area (Å²) in [6.07, 6.45) is 6.44. The average Bonchev–Trinajstić information content (AvgIpc) is 3.35. The van der Waals surface area contributed by atoms with Gasteiger partial charge >= 0.3 is 0 Å². The fraction of sp³-hybridized carbons (Fsp3) is 0.600. The smallest absolute Gasteiger partial charge is 0.266 e. The molecule has 6 nitrogen and oxygen atoms in total. The van der Waals surface area contributed by atoms with Crippen LogP contribution in [0.25, 0.3) is 0 Å². The molecule has 1 aliphatic carbocycles. The molecule has 3 heterocycles. The van der Waals surface area contributed by atoms with Crippen LogP contribution in [0.3, 0.4) is 0 Å². The second kappa shape index (κ2) is 6.49. The summed E-state index contributed by atoms with van der Waals surface area (Å²) in [5.74, 6) is 2.51. The van der Waals surface area contributed by atoms with Crippen molar-refractivity contribution in [1.29, 1.82) is 0 Å². The molecule has 0 radical (unpaired) electrons. The molecule has 6 heteroatoms. The minimum absolute atomic E-state index is 0.0359. The van der Waals surface area contributed by atoms with Crippen molar-refractivity contribution in [3.8, 4) is 0 Å². The Morgan fingerprint density at radius 1 is 1.15 bits per heavy atom. The van der Waals surface area contributed by atoms with Gasteiger partial charge < -0.3 is 4.90 Å². The van der Waals surface area contributed by atoms with Crippen molar-refractivity contribution in [1.82, 2.24) is 19.7 Å². The van der Waals surface area contributed by atoms with E-state index in [-0.39, 0.29) is 17.0 Å². The van der Waals surface area contributed by atoms with Gasteiger partial charge in [-0.25, -0.2) is 14.6 Å². The van der Waals surface area contributed by atoms with E-state index in [1.54, 1.807) is 10.7 Å². The zero-order valence-corrected chi connectivity index (χ0v) is 15.9. The summed E-state index contributed by atoms with van der Waals surface area (Å²) < 4.78 is 1.63. The summed E-state index contributed by atoms with van der Waals surface area (Å²) in [6, 6.07) is 5.73. The minimum atomic E-state index is -0.0728. The molecule has 26 heavy (non-hydrogen) atoms. The second-order valence-corrected chi connectivity index (χ2v) is 8.53. The van der Waals surface area contributed by atoms with E-state index in [1.165, 1.54) is 12.8 Å². The van der Waals surface area contributed by atoms with Crippen molar-refractivity contribution in [2.24, 2.45) is 0 Å². The van der Waals surface area contributed by atoms with Gasteiger partial charge in [-0.05, 0) is 37.8 Å². The SMILES string of the molecule is CC(C)(C)c1ccc(=O)n(CC2CCCN2c2ccnc(C3CC3)n2)n1. The summed E-state index contributed by atoms with van der Waals surface area (Å²) in [4.78, 5) is 23.9. The third kappa shape index (κ3) is 3.50. The van der Waals surface area contributed by atoms with Crippen LogP contribution in [0.15, 0.2) is 29.2 Å². The molecule has 0 bridgehead atoms. The molecular weight excluding hydrogens is 326 g/mol. The van der Waals surface area contributed by atoms with Crippen LogP contribution >= 0.6 is 0 Å². The molecule has 138 valence electrons. The molecule has 0 N–H and O–H groups in total. The maximum atomic E-state index is 12.3. The van der Waals surface area contributed by atoms with Crippen LogP contribution < -0.4 is 10.5 Å². The van der Waals surface area contributed by atoms with Crippen molar-refractivity contribution in [3.63, 3.8) is 0 Å². The molecule has 0 spiro atoms. The lowest BCUT2D eigenvalue weighted by Crippen LogP contribution is -2.38. The van der Waals surface area contributed by atoms with Crippen molar-refractivity contribution < 1.29 is 0 Å². The van der Waals surface area contributed by atoms with Gasteiger partial charge in [0.1, 0.15) is 11.6 Å².